The second kappa shape index (κ2) is 8.85. The molecule has 0 saturated carbocycles. The van der Waals surface area contributed by atoms with Crippen LogP contribution in [0.5, 0.6) is 0 Å². The van der Waals surface area contributed by atoms with E-state index >= 15 is 0 Å². The van der Waals surface area contributed by atoms with Crippen LogP contribution in [-0.2, 0) is 6.42 Å². The van der Waals surface area contributed by atoms with E-state index in [1.165, 1.54) is 54.9 Å². The Balaban J connectivity index is 1.58. The lowest BCUT2D eigenvalue weighted by molar-refractivity contribution is 0.0953. The third-order valence-corrected chi connectivity index (χ3v) is 3.98. The van der Waals surface area contributed by atoms with Gasteiger partial charge < -0.3 is 10.6 Å². The molecule has 0 aliphatic heterocycles. The predicted octanol–water partition coefficient (Wildman–Crippen LogP) is 3.58. The molecule has 28 heavy (non-hydrogen) atoms. The van der Waals surface area contributed by atoms with Crippen LogP contribution in [-0.4, -0.2) is 23.3 Å². The van der Waals surface area contributed by atoms with E-state index in [1.807, 2.05) is 0 Å². The predicted molar refractivity (Wildman–Crippen MR) is 101 cm³/mol. The van der Waals surface area contributed by atoms with Gasteiger partial charge in [0.1, 0.15) is 11.6 Å². The van der Waals surface area contributed by atoms with E-state index in [4.69, 9.17) is 0 Å². The first-order valence-corrected chi connectivity index (χ1v) is 8.56. The molecule has 0 aliphatic carbocycles. The van der Waals surface area contributed by atoms with Gasteiger partial charge in [0, 0.05) is 24.6 Å². The van der Waals surface area contributed by atoms with Gasteiger partial charge in [0.25, 0.3) is 11.8 Å². The zero-order valence-electron chi connectivity index (χ0n) is 14.8. The molecule has 0 aliphatic rings. The topological polar surface area (TPSA) is 71.1 Å². The van der Waals surface area contributed by atoms with Crippen molar-refractivity contribution in [2.75, 3.05) is 11.9 Å². The molecule has 1 heterocycles. The molecule has 2 aromatic carbocycles. The van der Waals surface area contributed by atoms with Gasteiger partial charge in [0.05, 0.1) is 11.1 Å². The van der Waals surface area contributed by atoms with Crippen LogP contribution in [0.25, 0.3) is 0 Å². The van der Waals surface area contributed by atoms with Gasteiger partial charge in [-0.2, -0.15) is 0 Å². The lowest BCUT2D eigenvalue weighted by Gasteiger charge is -2.08. The van der Waals surface area contributed by atoms with Gasteiger partial charge in [-0.25, -0.2) is 8.78 Å². The summed E-state index contributed by atoms with van der Waals surface area (Å²) in [5.41, 5.74) is 1.77. The number of hydrogen-bond acceptors (Lipinski definition) is 3. The first kappa shape index (κ1) is 19.2. The third kappa shape index (κ3) is 5.20. The number of nitrogens with zero attached hydrogens (tertiary/aromatic N) is 1. The zero-order valence-corrected chi connectivity index (χ0v) is 14.8. The minimum absolute atomic E-state index is 0.204. The molecule has 7 heteroatoms. The molecular formula is C21H17F2N3O2. The van der Waals surface area contributed by atoms with E-state index in [0.29, 0.717) is 18.7 Å². The molecule has 2 amide bonds. The molecule has 0 radical (unpaired) electrons. The first-order chi connectivity index (χ1) is 13.5. The number of carbonyl (C=O) groups excluding carboxylic acids is 2. The lowest BCUT2D eigenvalue weighted by atomic mass is 10.1. The van der Waals surface area contributed by atoms with E-state index in [-0.39, 0.29) is 22.9 Å². The largest absolute Gasteiger partial charge is 0.352 e. The summed E-state index contributed by atoms with van der Waals surface area (Å²) >= 11 is 0. The SMILES string of the molecule is O=C(NCCc1ccc(F)cc1)c1cncc(C(=O)Nc2ccc(F)cc2)c1. The van der Waals surface area contributed by atoms with Crippen LogP contribution in [0.3, 0.4) is 0 Å². The average Bonchev–Trinajstić information content (AvgIpc) is 2.71. The fourth-order valence-corrected chi connectivity index (χ4v) is 2.50. The Kier molecular flexibility index (Phi) is 6.06. The summed E-state index contributed by atoms with van der Waals surface area (Å²) < 4.78 is 25.8. The Morgan fingerprint density at radius 3 is 2.04 bits per heavy atom. The molecule has 0 saturated heterocycles. The number of anilines is 1. The van der Waals surface area contributed by atoms with Gasteiger partial charge in [0.2, 0.25) is 0 Å². The van der Waals surface area contributed by atoms with Gasteiger partial charge in [-0.05, 0) is 54.4 Å². The van der Waals surface area contributed by atoms with Crippen molar-refractivity contribution in [2.45, 2.75) is 6.42 Å². The Labute approximate surface area is 160 Å². The first-order valence-electron chi connectivity index (χ1n) is 8.56. The maximum atomic E-state index is 12.9. The molecule has 0 spiro atoms. The summed E-state index contributed by atoms with van der Waals surface area (Å²) in [6.07, 6.45) is 3.25. The monoisotopic (exact) mass is 381 g/mol. The van der Waals surface area contributed by atoms with Crippen molar-refractivity contribution >= 4 is 17.5 Å². The van der Waals surface area contributed by atoms with Crippen LogP contribution in [0.4, 0.5) is 14.5 Å². The summed E-state index contributed by atoms with van der Waals surface area (Å²) in [7, 11) is 0. The highest BCUT2D eigenvalue weighted by Gasteiger charge is 2.11. The molecule has 5 nitrogen and oxygen atoms in total. The van der Waals surface area contributed by atoms with Crippen LogP contribution in [0.2, 0.25) is 0 Å². The lowest BCUT2D eigenvalue weighted by Crippen LogP contribution is -2.26. The van der Waals surface area contributed by atoms with Crippen molar-refractivity contribution in [3.8, 4) is 0 Å². The summed E-state index contributed by atoms with van der Waals surface area (Å²) in [6, 6.07) is 12.8. The maximum Gasteiger partial charge on any atom is 0.257 e. The highest BCUT2D eigenvalue weighted by molar-refractivity contribution is 6.05. The number of carbonyl (C=O) groups is 2. The Bertz CT molecular complexity index is 974. The molecule has 0 fully saturated rings. The number of benzene rings is 2. The zero-order chi connectivity index (χ0) is 19.9. The van der Waals surface area contributed by atoms with Gasteiger partial charge in [-0.3, -0.25) is 14.6 Å². The van der Waals surface area contributed by atoms with E-state index < -0.39 is 11.7 Å². The normalized spacial score (nSPS) is 10.4. The summed E-state index contributed by atoms with van der Waals surface area (Å²) in [6.45, 7) is 0.358. The number of halogens is 2. The molecule has 0 bridgehead atoms. The van der Waals surface area contributed by atoms with Gasteiger partial charge in [-0.15, -0.1) is 0 Å². The van der Waals surface area contributed by atoms with Crippen molar-refractivity contribution in [1.82, 2.24) is 10.3 Å². The van der Waals surface area contributed by atoms with E-state index in [0.717, 1.165) is 5.56 Å². The number of nitrogens with one attached hydrogen (secondary N) is 2. The van der Waals surface area contributed by atoms with Crippen LogP contribution >= 0.6 is 0 Å². The fourth-order valence-electron chi connectivity index (χ4n) is 2.50. The van der Waals surface area contributed by atoms with Crippen molar-refractivity contribution in [2.24, 2.45) is 0 Å². The second-order valence-corrected chi connectivity index (χ2v) is 6.06. The van der Waals surface area contributed by atoms with Gasteiger partial charge in [0.15, 0.2) is 0 Å². The number of aromatic nitrogens is 1. The van der Waals surface area contributed by atoms with Crippen molar-refractivity contribution in [3.05, 3.63) is 95.3 Å². The smallest absolute Gasteiger partial charge is 0.257 e. The summed E-state index contributed by atoms with van der Waals surface area (Å²) in [5, 5.41) is 5.35. The van der Waals surface area contributed by atoms with Gasteiger partial charge in [-0.1, -0.05) is 12.1 Å². The fraction of sp³-hybridized carbons (Fsp3) is 0.0952. The van der Waals surface area contributed by atoms with Crippen molar-refractivity contribution in [1.29, 1.82) is 0 Å². The molecule has 142 valence electrons. The molecule has 3 aromatic rings. The highest BCUT2D eigenvalue weighted by Crippen LogP contribution is 2.11. The van der Waals surface area contributed by atoms with Crippen LogP contribution in [0, 0.1) is 11.6 Å². The Morgan fingerprint density at radius 1 is 0.821 bits per heavy atom. The minimum atomic E-state index is -0.458. The molecule has 2 N–H and O–H groups in total. The number of amides is 2. The minimum Gasteiger partial charge on any atom is -0.352 e. The Hall–Kier alpha value is -3.61. The molecule has 1 aromatic heterocycles. The summed E-state index contributed by atoms with van der Waals surface area (Å²) in [4.78, 5) is 28.5. The average molecular weight is 381 g/mol. The number of pyridine rings is 1. The molecule has 0 unspecified atom stereocenters. The molecule has 0 atom stereocenters. The van der Waals surface area contributed by atoms with Crippen LogP contribution in [0.1, 0.15) is 26.3 Å². The van der Waals surface area contributed by atoms with Crippen molar-refractivity contribution < 1.29 is 18.4 Å². The van der Waals surface area contributed by atoms with Crippen molar-refractivity contribution in [3.63, 3.8) is 0 Å². The Morgan fingerprint density at radius 2 is 1.39 bits per heavy atom. The standard InChI is InChI=1S/C21H17F2N3O2/c22-17-3-1-14(2-4-17)9-10-25-20(27)15-11-16(13-24-12-15)21(28)26-19-7-5-18(23)6-8-19/h1-8,11-13H,9-10H2,(H,25,27)(H,26,28). The van der Waals surface area contributed by atoms with Crippen LogP contribution in [0.15, 0.2) is 67.0 Å². The maximum absolute atomic E-state index is 12.9. The van der Waals surface area contributed by atoms with E-state index in [1.54, 1.807) is 12.1 Å². The van der Waals surface area contributed by atoms with Gasteiger partial charge >= 0.3 is 0 Å². The quantitative estimate of drug-likeness (QED) is 0.686. The molecule has 3 rings (SSSR count). The molecular weight excluding hydrogens is 364 g/mol. The number of hydrogen-bond donors (Lipinski definition) is 2. The van der Waals surface area contributed by atoms with Crippen LogP contribution < -0.4 is 10.6 Å². The highest BCUT2D eigenvalue weighted by atomic mass is 19.1. The van der Waals surface area contributed by atoms with E-state index in [2.05, 4.69) is 15.6 Å². The summed E-state index contributed by atoms with van der Waals surface area (Å²) in [5.74, 6) is -1.54. The van der Waals surface area contributed by atoms with E-state index in [9.17, 15) is 18.4 Å². The number of rotatable bonds is 6. The second-order valence-electron chi connectivity index (χ2n) is 6.06. The third-order valence-electron chi connectivity index (χ3n) is 3.98.